The number of carbonyl (C=O) groups excluding carboxylic acids is 1. The molecular formula is C15H20F3N5O4. The molecule has 2 unspecified atom stereocenters. The fourth-order valence-corrected chi connectivity index (χ4v) is 2.94. The van der Waals surface area contributed by atoms with Crippen molar-refractivity contribution < 1.29 is 32.6 Å². The van der Waals surface area contributed by atoms with Gasteiger partial charge in [0.1, 0.15) is 5.56 Å². The van der Waals surface area contributed by atoms with Gasteiger partial charge in [-0.05, 0) is 18.8 Å². The van der Waals surface area contributed by atoms with E-state index in [1.54, 1.807) is 0 Å². The summed E-state index contributed by atoms with van der Waals surface area (Å²) in [6.45, 7) is 6.28. The molecule has 2 saturated heterocycles. The highest BCUT2D eigenvalue weighted by molar-refractivity contribution is 5.94. The zero-order chi connectivity index (χ0) is 20.2. The summed E-state index contributed by atoms with van der Waals surface area (Å²) < 4.78 is 37.1. The highest BCUT2D eigenvalue weighted by Gasteiger charge is 2.38. The number of amides is 1. The number of aromatic nitrogens is 2. The molecule has 150 valence electrons. The van der Waals surface area contributed by atoms with Gasteiger partial charge < -0.3 is 25.8 Å². The zero-order valence-corrected chi connectivity index (χ0v) is 14.5. The number of nitrogens with two attached hydrogens (primary N) is 1. The molecule has 0 radical (unpaired) electrons. The summed E-state index contributed by atoms with van der Waals surface area (Å²) in [4.78, 5) is 31.0. The molecule has 2 aliphatic heterocycles. The number of ether oxygens (including phenoxy) is 1. The van der Waals surface area contributed by atoms with Crippen molar-refractivity contribution in [3.05, 3.63) is 11.8 Å². The lowest BCUT2D eigenvalue weighted by molar-refractivity contribution is -0.192. The van der Waals surface area contributed by atoms with Gasteiger partial charge in [0.25, 0.3) is 5.91 Å². The number of fused-ring (bicyclic) bond motifs is 1. The van der Waals surface area contributed by atoms with Crippen LogP contribution in [0.15, 0.2) is 6.20 Å². The first kappa shape index (κ1) is 20.7. The Morgan fingerprint density at radius 2 is 1.93 bits per heavy atom. The van der Waals surface area contributed by atoms with Gasteiger partial charge in [-0.25, -0.2) is 9.78 Å². The van der Waals surface area contributed by atoms with E-state index < -0.39 is 18.1 Å². The molecule has 1 amide bonds. The molecule has 0 aromatic carbocycles. The summed E-state index contributed by atoms with van der Waals surface area (Å²) in [5, 5.41) is 10.5. The van der Waals surface area contributed by atoms with Crippen molar-refractivity contribution in [3.63, 3.8) is 0 Å². The van der Waals surface area contributed by atoms with Crippen LogP contribution >= 0.6 is 0 Å². The van der Waals surface area contributed by atoms with E-state index in [1.165, 1.54) is 6.20 Å². The third-order valence-electron chi connectivity index (χ3n) is 4.20. The molecule has 0 spiro atoms. The average molecular weight is 391 g/mol. The van der Waals surface area contributed by atoms with E-state index in [0.717, 1.165) is 26.2 Å². The number of anilines is 1. The van der Waals surface area contributed by atoms with Crippen LogP contribution in [-0.4, -0.2) is 65.9 Å². The SMILES string of the molecule is CCOc1nc(N2CC3CNCC3C2)ncc1C(N)=O.O=C(O)C(F)(F)F. The van der Waals surface area contributed by atoms with Crippen molar-refractivity contribution in [2.24, 2.45) is 17.6 Å². The van der Waals surface area contributed by atoms with Crippen LogP contribution in [0.2, 0.25) is 0 Å². The number of nitrogens with zero attached hydrogens (tertiary/aromatic N) is 3. The average Bonchev–Trinajstić information content (AvgIpc) is 3.16. The van der Waals surface area contributed by atoms with Gasteiger partial charge in [0, 0.05) is 32.4 Å². The summed E-state index contributed by atoms with van der Waals surface area (Å²) in [5.41, 5.74) is 5.54. The Kier molecular flexibility index (Phi) is 6.41. The van der Waals surface area contributed by atoms with Gasteiger partial charge in [0.05, 0.1) is 6.61 Å². The molecule has 0 bridgehead atoms. The summed E-state index contributed by atoms with van der Waals surface area (Å²) >= 11 is 0. The summed E-state index contributed by atoms with van der Waals surface area (Å²) in [6.07, 6.45) is -3.62. The summed E-state index contributed by atoms with van der Waals surface area (Å²) in [6, 6.07) is 0. The van der Waals surface area contributed by atoms with E-state index in [4.69, 9.17) is 20.4 Å². The van der Waals surface area contributed by atoms with Crippen molar-refractivity contribution in [3.8, 4) is 5.88 Å². The van der Waals surface area contributed by atoms with Crippen LogP contribution in [0.3, 0.4) is 0 Å². The van der Waals surface area contributed by atoms with Crippen LogP contribution in [0.4, 0.5) is 19.1 Å². The molecule has 0 aliphatic carbocycles. The minimum atomic E-state index is -5.08. The maximum atomic E-state index is 11.3. The number of nitrogens with one attached hydrogen (secondary N) is 1. The number of carboxylic acid groups (broad SMARTS) is 1. The minimum Gasteiger partial charge on any atom is -0.477 e. The van der Waals surface area contributed by atoms with Crippen LogP contribution in [0.1, 0.15) is 17.3 Å². The van der Waals surface area contributed by atoms with Crippen molar-refractivity contribution in [1.82, 2.24) is 15.3 Å². The van der Waals surface area contributed by atoms with Gasteiger partial charge in [-0.15, -0.1) is 0 Å². The third-order valence-corrected chi connectivity index (χ3v) is 4.20. The second-order valence-electron chi connectivity index (χ2n) is 6.07. The molecule has 9 nitrogen and oxygen atoms in total. The highest BCUT2D eigenvalue weighted by atomic mass is 19.4. The van der Waals surface area contributed by atoms with Gasteiger partial charge in [0.2, 0.25) is 11.8 Å². The van der Waals surface area contributed by atoms with Crippen LogP contribution in [0.25, 0.3) is 0 Å². The predicted molar refractivity (Wildman–Crippen MR) is 87.5 cm³/mol. The predicted octanol–water partition coefficient (Wildman–Crippen LogP) is 0.263. The number of carbonyl (C=O) groups is 2. The smallest absolute Gasteiger partial charge is 0.477 e. The lowest BCUT2D eigenvalue weighted by atomic mass is 10.0. The Balaban J connectivity index is 0.000000321. The monoisotopic (exact) mass is 391 g/mol. The lowest BCUT2D eigenvalue weighted by Crippen LogP contribution is -2.27. The van der Waals surface area contributed by atoms with E-state index in [0.29, 0.717) is 24.4 Å². The molecule has 2 atom stereocenters. The number of hydrogen-bond acceptors (Lipinski definition) is 7. The first-order valence-corrected chi connectivity index (χ1v) is 8.18. The van der Waals surface area contributed by atoms with Crippen molar-refractivity contribution >= 4 is 17.8 Å². The molecule has 2 aliphatic rings. The molecule has 1 aromatic heterocycles. The Labute approximate surface area is 152 Å². The maximum Gasteiger partial charge on any atom is 0.490 e. The summed E-state index contributed by atoms with van der Waals surface area (Å²) in [7, 11) is 0. The van der Waals surface area contributed by atoms with Crippen LogP contribution in [-0.2, 0) is 4.79 Å². The number of alkyl halides is 3. The molecular weight excluding hydrogens is 371 g/mol. The normalized spacial score (nSPS) is 21.3. The molecule has 1 aromatic rings. The lowest BCUT2D eigenvalue weighted by Gasteiger charge is -2.18. The Hall–Kier alpha value is -2.63. The highest BCUT2D eigenvalue weighted by Crippen LogP contribution is 2.29. The maximum absolute atomic E-state index is 11.3. The van der Waals surface area contributed by atoms with Gasteiger partial charge >= 0.3 is 12.1 Å². The van der Waals surface area contributed by atoms with Crippen LogP contribution in [0.5, 0.6) is 5.88 Å². The Bertz CT molecular complexity index is 689. The van der Waals surface area contributed by atoms with E-state index >= 15 is 0 Å². The van der Waals surface area contributed by atoms with Crippen molar-refractivity contribution in [2.75, 3.05) is 37.7 Å². The number of halogens is 3. The molecule has 4 N–H and O–H groups in total. The first-order chi connectivity index (χ1) is 12.6. The number of primary amides is 1. The third kappa shape index (κ3) is 5.18. The fourth-order valence-electron chi connectivity index (χ4n) is 2.94. The van der Waals surface area contributed by atoms with Gasteiger partial charge in [-0.2, -0.15) is 18.2 Å². The fraction of sp³-hybridized carbons (Fsp3) is 0.600. The van der Waals surface area contributed by atoms with E-state index in [2.05, 4.69) is 20.2 Å². The van der Waals surface area contributed by atoms with Gasteiger partial charge in [-0.3, -0.25) is 4.79 Å². The first-order valence-electron chi connectivity index (χ1n) is 8.18. The standard InChI is InChI=1S/C13H19N5O2.C2HF3O2/c1-2-20-12-10(11(14)19)5-16-13(17-12)18-6-8-3-15-4-9(8)7-18;3-2(4,5)1(6)7/h5,8-9,15H,2-4,6-7H2,1H3,(H2,14,19);(H,6,7). The van der Waals surface area contributed by atoms with Crippen LogP contribution in [0, 0.1) is 11.8 Å². The molecule has 0 saturated carbocycles. The summed E-state index contributed by atoms with van der Waals surface area (Å²) in [5.74, 6) is -1.11. The number of aliphatic carboxylic acids is 1. The van der Waals surface area contributed by atoms with E-state index in [-0.39, 0.29) is 11.4 Å². The number of rotatable bonds is 4. The topological polar surface area (TPSA) is 131 Å². The van der Waals surface area contributed by atoms with Crippen molar-refractivity contribution in [2.45, 2.75) is 13.1 Å². The molecule has 3 rings (SSSR count). The molecule has 2 fully saturated rings. The van der Waals surface area contributed by atoms with Gasteiger partial charge in [0.15, 0.2) is 0 Å². The number of carboxylic acids is 1. The Morgan fingerprint density at radius 1 is 1.37 bits per heavy atom. The molecule has 12 heteroatoms. The second kappa shape index (κ2) is 8.37. The van der Waals surface area contributed by atoms with Crippen LogP contribution < -0.4 is 20.7 Å². The molecule has 27 heavy (non-hydrogen) atoms. The zero-order valence-electron chi connectivity index (χ0n) is 14.5. The number of hydrogen-bond donors (Lipinski definition) is 3. The van der Waals surface area contributed by atoms with Crippen molar-refractivity contribution in [1.29, 1.82) is 0 Å². The minimum absolute atomic E-state index is 0.233. The quantitative estimate of drug-likeness (QED) is 0.666. The second-order valence-corrected chi connectivity index (χ2v) is 6.07. The van der Waals surface area contributed by atoms with E-state index in [1.807, 2.05) is 6.92 Å². The largest absolute Gasteiger partial charge is 0.490 e. The van der Waals surface area contributed by atoms with E-state index in [9.17, 15) is 18.0 Å². The van der Waals surface area contributed by atoms with Gasteiger partial charge in [-0.1, -0.05) is 0 Å². The molecule has 3 heterocycles. The Morgan fingerprint density at radius 3 is 2.37 bits per heavy atom.